The van der Waals surface area contributed by atoms with E-state index in [0.29, 0.717) is 26.1 Å². The third-order valence-electron chi connectivity index (χ3n) is 6.13. The first kappa shape index (κ1) is 26.1. The van der Waals surface area contributed by atoms with Crippen LogP contribution in [0.25, 0.3) is 0 Å². The molecule has 198 valence electrons. The van der Waals surface area contributed by atoms with Gasteiger partial charge in [-0.3, -0.25) is 4.79 Å². The molecule has 1 saturated heterocycles. The number of nitrogens with zero attached hydrogens (tertiary/aromatic N) is 2. The van der Waals surface area contributed by atoms with Crippen molar-refractivity contribution in [3.05, 3.63) is 35.5 Å². The maximum absolute atomic E-state index is 14.5. The van der Waals surface area contributed by atoms with Gasteiger partial charge in [-0.25, -0.2) is 13.2 Å². The van der Waals surface area contributed by atoms with Crippen LogP contribution in [0.3, 0.4) is 0 Å². The fourth-order valence-electron chi connectivity index (χ4n) is 4.39. The highest BCUT2D eigenvalue weighted by Gasteiger charge is 2.46. The molecule has 36 heavy (non-hydrogen) atoms. The minimum absolute atomic E-state index is 0.0740. The predicted molar refractivity (Wildman–Crippen MR) is 116 cm³/mol. The van der Waals surface area contributed by atoms with Crippen LogP contribution in [0.15, 0.2) is 22.6 Å². The van der Waals surface area contributed by atoms with Gasteiger partial charge >= 0.3 is 6.18 Å². The number of amides is 1. The molecule has 4 rings (SSSR count). The normalized spacial score (nSPS) is 21.7. The zero-order chi connectivity index (χ0) is 26.1. The highest BCUT2D eigenvalue weighted by molar-refractivity contribution is 6.03. The summed E-state index contributed by atoms with van der Waals surface area (Å²) in [4.78, 5) is 18.4. The van der Waals surface area contributed by atoms with Crippen molar-refractivity contribution in [1.29, 1.82) is 0 Å². The van der Waals surface area contributed by atoms with Gasteiger partial charge in [0, 0.05) is 44.3 Å². The molecule has 13 heteroatoms. The lowest BCUT2D eigenvalue weighted by atomic mass is 10.1. The van der Waals surface area contributed by atoms with Gasteiger partial charge in [0.15, 0.2) is 23.4 Å². The quantitative estimate of drug-likeness (QED) is 0.481. The fraction of sp³-hybridized carbons (Fsp3) is 0.565. The number of alkyl halides is 5. The van der Waals surface area contributed by atoms with Crippen molar-refractivity contribution < 1.29 is 45.0 Å². The summed E-state index contributed by atoms with van der Waals surface area (Å²) in [7, 11) is 1.54. The second-order valence-corrected chi connectivity index (χ2v) is 8.98. The number of oxazole rings is 1. The molecule has 1 aliphatic carbocycles. The Morgan fingerprint density at radius 3 is 2.72 bits per heavy atom. The van der Waals surface area contributed by atoms with E-state index in [0.717, 1.165) is 12.1 Å². The number of carbonyl (C=O) groups is 1. The maximum Gasteiger partial charge on any atom is 0.396 e. The lowest BCUT2D eigenvalue weighted by Crippen LogP contribution is -2.32. The number of hydrogen-bond donors (Lipinski definition) is 1. The molecule has 1 N–H and O–H groups in total. The van der Waals surface area contributed by atoms with Gasteiger partial charge in [-0.2, -0.15) is 18.2 Å². The first-order valence-electron chi connectivity index (χ1n) is 11.4. The number of benzene rings is 1. The summed E-state index contributed by atoms with van der Waals surface area (Å²) in [6, 6.07) is 2.99. The second-order valence-electron chi connectivity index (χ2n) is 8.98. The van der Waals surface area contributed by atoms with Crippen molar-refractivity contribution in [3.8, 4) is 5.75 Å². The topological polar surface area (TPSA) is 76.8 Å². The number of nitrogens with one attached hydrogen (secondary N) is 1. The van der Waals surface area contributed by atoms with Crippen LogP contribution >= 0.6 is 0 Å². The molecule has 1 aromatic heterocycles. The Morgan fingerprint density at radius 2 is 2.08 bits per heavy atom. The number of anilines is 2. The van der Waals surface area contributed by atoms with Crippen LogP contribution in [0.2, 0.25) is 0 Å². The average molecular weight is 521 g/mol. The summed E-state index contributed by atoms with van der Waals surface area (Å²) >= 11 is 0. The van der Waals surface area contributed by atoms with E-state index in [2.05, 4.69) is 10.3 Å². The molecular formula is C23H25F6N3O4. The van der Waals surface area contributed by atoms with Gasteiger partial charge in [0.25, 0.3) is 17.8 Å². The third kappa shape index (κ3) is 6.05. The molecule has 0 radical (unpaired) electrons. The maximum atomic E-state index is 14.5. The Balaban J connectivity index is 1.50. The third-order valence-corrected chi connectivity index (χ3v) is 6.13. The number of aromatic nitrogens is 1. The van der Waals surface area contributed by atoms with E-state index in [1.165, 1.54) is 6.07 Å². The molecule has 2 atom stereocenters. The van der Waals surface area contributed by atoms with E-state index in [-0.39, 0.29) is 36.9 Å². The molecule has 2 fully saturated rings. The molecule has 0 spiro atoms. The smallest absolute Gasteiger partial charge is 0.396 e. The lowest BCUT2D eigenvalue weighted by Gasteiger charge is -2.21. The molecule has 2 aromatic rings. The summed E-state index contributed by atoms with van der Waals surface area (Å²) in [6.07, 6.45) is -6.95. The largest absolute Gasteiger partial charge is 0.481 e. The van der Waals surface area contributed by atoms with Crippen LogP contribution in [-0.4, -0.2) is 55.9 Å². The second kappa shape index (κ2) is 10.2. The van der Waals surface area contributed by atoms with Gasteiger partial charge in [0.1, 0.15) is 12.2 Å². The molecular weight excluding hydrogens is 496 g/mol. The van der Waals surface area contributed by atoms with Gasteiger partial charge in [0.2, 0.25) is 0 Å². The number of ether oxygens (including phenoxy) is 2. The van der Waals surface area contributed by atoms with Crippen LogP contribution in [0.5, 0.6) is 5.75 Å². The van der Waals surface area contributed by atoms with E-state index in [1.807, 2.05) is 0 Å². The molecule has 0 bridgehead atoms. The van der Waals surface area contributed by atoms with Crippen molar-refractivity contribution in [1.82, 2.24) is 4.98 Å². The zero-order valence-electron chi connectivity index (χ0n) is 19.3. The van der Waals surface area contributed by atoms with E-state index in [1.54, 1.807) is 12.0 Å². The monoisotopic (exact) mass is 521 g/mol. The van der Waals surface area contributed by atoms with Crippen molar-refractivity contribution in [3.63, 3.8) is 0 Å². The molecule has 2 unspecified atom stereocenters. The van der Waals surface area contributed by atoms with E-state index < -0.39 is 53.6 Å². The Labute approximate surface area is 202 Å². The average Bonchev–Trinajstić information content (AvgIpc) is 3.48. The highest BCUT2D eigenvalue weighted by atomic mass is 19.4. The van der Waals surface area contributed by atoms with Crippen molar-refractivity contribution in [2.75, 3.05) is 37.0 Å². The minimum Gasteiger partial charge on any atom is -0.481 e. The van der Waals surface area contributed by atoms with Gasteiger partial charge in [-0.15, -0.1) is 0 Å². The predicted octanol–water partition coefficient (Wildman–Crippen LogP) is 5.21. The standard InChI is InChI=1S/C23H25F6N3O4/c1-34-12-13-6-8-32(11-13)21-31-19(17(36-21)10-23(27,28)29)20(33)30-14-4-5-16(15(24)9-14)35-18-3-2-7-22(18,25)26/h4-5,9,13,18H,2-3,6-8,10-12H2,1H3,(H,30,33). The Kier molecular flexibility index (Phi) is 7.39. The minimum atomic E-state index is -4.66. The van der Waals surface area contributed by atoms with Gasteiger partial charge < -0.3 is 24.1 Å². The molecule has 1 saturated carbocycles. The van der Waals surface area contributed by atoms with Crippen LogP contribution in [0, 0.1) is 11.7 Å². The molecule has 1 amide bonds. The van der Waals surface area contributed by atoms with Gasteiger partial charge in [-0.05, 0) is 31.4 Å². The fourth-order valence-corrected chi connectivity index (χ4v) is 4.39. The SMILES string of the molecule is COCC1CCN(c2nc(C(=O)Nc3ccc(OC4CCCC4(F)F)c(F)c3)c(CC(F)(F)F)o2)C1. The van der Waals surface area contributed by atoms with Gasteiger partial charge in [-0.1, -0.05) is 0 Å². The van der Waals surface area contributed by atoms with E-state index in [9.17, 15) is 31.1 Å². The molecule has 1 aromatic carbocycles. The number of rotatable bonds is 8. The van der Waals surface area contributed by atoms with E-state index in [4.69, 9.17) is 13.9 Å². The number of carbonyl (C=O) groups excluding carboxylic acids is 1. The van der Waals surface area contributed by atoms with Crippen molar-refractivity contribution in [2.45, 2.75) is 50.3 Å². The Morgan fingerprint density at radius 1 is 1.31 bits per heavy atom. The summed E-state index contributed by atoms with van der Waals surface area (Å²) in [6.45, 7) is 1.37. The van der Waals surface area contributed by atoms with Crippen LogP contribution < -0.4 is 15.0 Å². The van der Waals surface area contributed by atoms with E-state index >= 15 is 0 Å². The first-order valence-corrected chi connectivity index (χ1v) is 11.4. The van der Waals surface area contributed by atoms with Gasteiger partial charge in [0.05, 0.1) is 6.61 Å². The summed E-state index contributed by atoms with van der Waals surface area (Å²) < 4.78 is 97.0. The Bertz CT molecular complexity index is 1090. The number of methoxy groups -OCH3 is 1. The summed E-state index contributed by atoms with van der Waals surface area (Å²) in [5.41, 5.74) is -0.698. The van der Waals surface area contributed by atoms with Crippen molar-refractivity contribution in [2.24, 2.45) is 5.92 Å². The summed E-state index contributed by atoms with van der Waals surface area (Å²) in [5, 5.41) is 2.28. The molecule has 2 aliphatic rings. The van der Waals surface area contributed by atoms with Crippen LogP contribution in [0.4, 0.5) is 38.0 Å². The lowest BCUT2D eigenvalue weighted by molar-refractivity contribution is -0.130. The zero-order valence-corrected chi connectivity index (χ0v) is 19.3. The summed E-state index contributed by atoms with van der Waals surface area (Å²) in [5.74, 6) is -6.06. The number of halogens is 6. The molecule has 7 nitrogen and oxygen atoms in total. The Hall–Kier alpha value is -2.96. The van der Waals surface area contributed by atoms with Crippen molar-refractivity contribution >= 4 is 17.6 Å². The first-order chi connectivity index (χ1) is 16.9. The highest BCUT2D eigenvalue weighted by Crippen LogP contribution is 2.38. The number of hydrogen-bond acceptors (Lipinski definition) is 6. The van der Waals surface area contributed by atoms with Crippen LogP contribution in [0.1, 0.15) is 41.9 Å². The molecule has 1 aliphatic heterocycles. The molecule has 2 heterocycles. The van der Waals surface area contributed by atoms with Crippen LogP contribution in [-0.2, 0) is 11.2 Å².